The summed E-state index contributed by atoms with van der Waals surface area (Å²) in [6.45, 7) is 3.83. The van der Waals surface area contributed by atoms with Crippen molar-refractivity contribution in [1.29, 1.82) is 0 Å². The number of hydrogen-bond acceptors (Lipinski definition) is 2. The molecule has 1 amide bonds. The molecule has 0 heterocycles. The van der Waals surface area contributed by atoms with E-state index in [0.29, 0.717) is 18.2 Å². The number of carbonyl (C=O) groups is 1. The largest absolute Gasteiger partial charge is 0.335 e. The van der Waals surface area contributed by atoms with Crippen LogP contribution in [0.15, 0.2) is 30.3 Å². The van der Waals surface area contributed by atoms with Crippen LogP contribution in [0.25, 0.3) is 6.08 Å². The molecule has 1 aliphatic carbocycles. The van der Waals surface area contributed by atoms with E-state index in [9.17, 15) is 9.18 Å². The third-order valence-electron chi connectivity index (χ3n) is 4.81. The maximum atomic E-state index is 13.7. The number of carbonyl (C=O) groups excluding carboxylic acids is 1. The Hall–Kier alpha value is -1.68. The lowest BCUT2D eigenvalue weighted by Gasteiger charge is -2.36. The highest BCUT2D eigenvalue weighted by Gasteiger charge is 2.26. The zero-order valence-electron chi connectivity index (χ0n) is 15.0. The van der Waals surface area contributed by atoms with Gasteiger partial charge in [0.1, 0.15) is 5.82 Å². The van der Waals surface area contributed by atoms with Crippen molar-refractivity contribution < 1.29 is 9.18 Å². The van der Waals surface area contributed by atoms with E-state index in [0.717, 1.165) is 25.3 Å². The van der Waals surface area contributed by atoms with E-state index >= 15 is 0 Å². The van der Waals surface area contributed by atoms with Crippen molar-refractivity contribution >= 4 is 12.0 Å². The Balaban J connectivity index is 2.07. The lowest BCUT2D eigenvalue weighted by atomic mass is 9.86. The van der Waals surface area contributed by atoms with Crippen LogP contribution < -0.4 is 0 Å². The molecule has 24 heavy (non-hydrogen) atoms. The second-order valence-electron chi connectivity index (χ2n) is 7.10. The molecule has 1 saturated carbocycles. The first-order valence-electron chi connectivity index (χ1n) is 8.85. The summed E-state index contributed by atoms with van der Waals surface area (Å²) in [5, 5.41) is 0. The van der Waals surface area contributed by atoms with Crippen molar-refractivity contribution in [2.24, 2.45) is 5.92 Å². The summed E-state index contributed by atoms with van der Waals surface area (Å²) in [5.74, 6) is 0.438. The van der Waals surface area contributed by atoms with Gasteiger partial charge in [-0.15, -0.1) is 0 Å². The van der Waals surface area contributed by atoms with E-state index in [2.05, 4.69) is 11.8 Å². The SMILES string of the molecule is CN(C)CCN(C(=O)/C=C/c1ccccc1F)[C@H]1CC[C@H](C)CC1. The molecule has 1 aliphatic rings. The monoisotopic (exact) mass is 332 g/mol. The first kappa shape index (κ1) is 18.7. The maximum Gasteiger partial charge on any atom is 0.246 e. The van der Waals surface area contributed by atoms with Crippen molar-refractivity contribution in [2.45, 2.75) is 38.6 Å². The fourth-order valence-corrected chi connectivity index (χ4v) is 3.20. The van der Waals surface area contributed by atoms with Gasteiger partial charge in [-0.05, 0) is 57.8 Å². The fraction of sp³-hybridized carbons (Fsp3) is 0.550. The predicted molar refractivity (Wildman–Crippen MR) is 97.1 cm³/mol. The Labute approximate surface area is 145 Å². The molecule has 0 radical (unpaired) electrons. The molecule has 1 fully saturated rings. The smallest absolute Gasteiger partial charge is 0.246 e. The Bertz CT molecular complexity index is 563. The van der Waals surface area contributed by atoms with Gasteiger partial charge < -0.3 is 9.80 Å². The highest BCUT2D eigenvalue weighted by atomic mass is 19.1. The Morgan fingerprint density at radius 3 is 2.46 bits per heavy atom. The molecule has 3 nitrogen and oxygen atoms in total. The van der Waals surface area contributed by atoms with E-state index in [1.807, 2.05) is 19.0 Å². The molecular weight excluding hydrogens is 303 g/mol. The number of rotatable bonds is 6. The maximum absolute atomic E-state index is 13.7. The third-order valence-corrected chi connectivity index (χ3v) is 4.81. The Kier molecular flexibility index (Phi) is 6.98. The van der Waals surface area contributed by atoms with Gasteiger partial charge in [-0.3, -0.25) is 4.79 Å². The molecule has 2 rings (SSSR count). The Morgan fingerprint density at radius 1 is 1.17 bits per heavy atom. The number of benzene rings is 1. The van der Waals surface area contributed by atoms with Crippen molar-refractivity contribution in [3.05, 3.63) is 41.7 Å². The van der Waals surface area contributed by atoms with Gasteiger partial charge in [0.25, 0.3) is 0 Å². The topological polar surface area (TPSA) is 23.6 Å². The van der Waals surface area contributed by atoms with Crippen LogP contribution in [-0.2, 0) is 4.79 Å². The summed E-state index contributed by atoms with van der Waals surface area (Å²) in [6, 6.07) is 6.84. The number of nitrogens with zero attached hydrogens (tertiary/aromatic N) is 2. The third kappa shape index (κ3) is 5.45. The number of likely N-dealkylation sites (N-methyl/N-ethyl adjacent to an activating group) is 1. The van der Waals surface area contributed by atoms with Gasteiger partial charge in [-0.25, -0.2) is 4.39 Å². The highest BCUT2D eigenvalue weighted by Crippen LogP contribution is 2.27. The molecule has 0 bridgehead atoms. The van der Waals surface area contributed by atoms with Gasteiger partial charge >= 0.3 is 0 Å². The van der Waals surface area contributed by atoms with Crippen molar-refractivity contribution in [3.8, 4) is 0 Å². The zero-order chi connectivity index (χ0) is 17.5. The summed E-state index contributed by atoms with van der Waals surface area (Å²) in [5.41, 5.74) is 0.454. The minimum atomic E-state index is -0.298. The molecule has 0 aromatic heterocycles. The van der Waals surface area contributed by atoms with E-state index in [1.54, 1.807) is 24.3 Å². The van der Waals surface area contributed by atoms with Gasteiger partial charge in [0, 0.05) is 30.8 Å². The first-order chi connectivity index (χ1) is 11.5. The molecule has 1 aromatic rings. The van der Waals surface area contributed by atoms with E-state index < -0.39 is 0 Å². The normalized spacial score (nSPS) is 21.4. The second-order valence-corrected chi connectivity index (χ2v) is 7.10. The zero-order valence-corrected chi connectivity index (χ0v) is 15.0. The van der Waals surface area contributed by atoms with Crippen molar-refractivity contribution in [2.75, 3.05) is 27.2 Å². The molecular formula is C20H29FN2O. The molecule has 0 spiro atoms. The van der Waals surface area contributed by atoms with Gasteiger partial charge in [-0.2, -0.15) is 0 Å². The van der Waals surface area contributed by atoms with Crippen LogP contribution in [0.5, 0.6) is 0 Å². The van der Waals surface area contributed by atoms with Crippen LogP contribution in [0.2, 0.25) is 0 Å². The van der Waals surface area contributed by atoms with Crippen molar-refractivity contribution in [1.82, 2.24) is 9.80 Å². The lowest BCUT2D eigenvalue weighted by molar-refractivity contribution is -0.129. The number of hydrogen-bond donors (Lipinski definition) is 0. The summed E-state index contributed by atoms with van der Waals surface area (Å²) in [6.07, 6.45) is 7.58. The lowest BCUT2D eigenvalue weighted by Crippen LogP contribution is -2.44. The average Bonchev–Trinajstić information content (AvgIpc) is 2.55. The summed E-state index contributed by atoms with van der Waals surface area (Å²) in [7, 11) is 4.03. The van der Waals surface area contributed by atoms with Gasteiger partial charge in [0.05, 0.1) is 0 Å². The van der Waals surface area contributed by atoms with E-state index in [1.165, 1.54) is 25.0 Å². The van der Waals surface area contributed by atoms with Crippen LogP contribution in [0.3, 0.4) is 0 Å². The summed E-state index contributed by atoms with van der Waals surface area (Å²) in [4.78, 5) is 16.8. The van der Waals surface area contributed by atoms with Crippen LogP contribution in [-0.4, -0.2) is 48.9 Å². The molecule has 1 aromatic carbocycles. The molecule has 0 atom stereocenters. The molecule has 0 saturated heterocycles. The predicted octanol–water partition coefficient (Wildman–Crippen LogP) is 3.81. The molecule has 4 heteroatoms. The van der Waals surface area contributed by atoms with Gasteiger partial charge in [0.2, 0.25) is 5.91 Å². The number of amides is 1. The fourth-order valence-electron chi connectivity index (χ4n) is 3.20. The standard InChI is InChI=1S/C20H29FN2O/c1-16-8-11-18(12-9-16)23(15-14-22(2)3)20(24)13-10-17-6-4-5-7-19(17)21/h4-7,10,13,16,18H,8-9,11-12,14-15H2,1-3H3/b13-10+/t16-,18-. The van der Waals surface area contributed by atoms with Gasteiger partial charge in [-0.1, -0.05) is 25.1 Å². The molecule has 0 N–H and O–H groups in total. The molecule has 132 valence electrons. The highest BCUT2D eigenvalue weighted by molar-refractivity contribution is 5.92. The number of halogens is 1. The van der Waals surface area contributed by atoms with Gasteiger partial charge in [0.15, 0.2) is 0 Å². The minimum absolute atomic E-state index is 0.0142. The van der Waals surface area contributed by atoms with Crippen LogP contribution in [0.1, 0.15) is 38.2 Å². The molecule has 0 unspecified atom stereocenters. The first-order valence-corrected chi connectivity index (χ1v) is 8.85. The quantitative estimate of drug-likeness (QED) is 0.740. The van der Waals surface area contributed by atoms with E-state index in [4.69, 9.17) is 0 Å². The Morgan fingerprint density at radius 2 is 1.83 bits per heavy atom. The van der Waals surface area contributed by atoms with Crippen LogP contribution in [0.4, 0.5) is 4.39 Å². The minimum Gasteiger partial charge on any atom is -0.335 e. The average molecular weight is 332 g/mol. The second kappa shape index (κ2) is 8.97. The van der Waals surface area contributed by atoms with Crippen LogP contribution >= 0.6 is 0 Å². The van der Waals surface area contributed by atoms with Crippen molar-refractivity contribution in [3.63, 3.8) is 0 Å². The van der Waals surface area contributed by atoms with E-state index in [-0.39, 0.29) is 11.7 Å². The van der Waals surface area contributed by atoms with Crippen LogP contribution in [0, 0.1) is 11.7 Å². The summed E-state index contributed by atoms with van der Waals surface area (Å²) >= 11 is 0. The summed E-state index contributed by atoms with van der Waals surface area (Å²) < 4.78 is 13.7. The molecule has 0 aliphatic heterocycles.